The van der Waals surface area contributed by atoms with E-state index in [0.717, 1.165) is 30.9 Å². The second-order valence-corrected chi connectivity index (χ2v) is 6.90. The molecule has 0 saturated carbocycles. The first-order valence-corrected chi connectivity index (χ1v) is 9.21. The van der Waals surface area contributed by atoms with E-state index in [0.29, 0.717) is 18.3 Å². The molecule has 4 nitrogen and oxygen atoms in total. The summed E-state index contributed by atoms with van der Waals surface area (Å²) in [5.74, 6) is 2.22. The van der Waals surface area contributed by atoms with Crippen molar-refractivity contribution in [2.45, 2.75) is 46.1 Å². The molecule has 1 heterocycles. The van der Waals surface area contributed by atoms with Crippen molar-refractivity contribution in [3.8, 4) is 5.75 Å². The van der Waals surface area contributed by atoms with Crippen molar-refractivity contribution in [3.05, 3.63) is 29.8 Å². The maximum Gasteiger partial charge on any atom is 0.223 e. The Morgan fingerprint density at radius 3 is 2.60 bits per heavy atom. The van der Waals surface area contributed by atoms with Crippen LogP contribution in [0.5, 0.6) is 5.75 Å². The summed E-state index contributed by atoms with van der Waals surface area (Å²) in [6.45, 7) is 9.30. The predicted molar refractivity (Wildman–Crippen MR) is 105 cm³/mol. The third-order valence-electron chi connectivity index (χ3n) is 5.39. The summed E-state index contributed by atoms with van der Waals surface area (Å²) in [6, 6.07) is 8.09. The molecule has 25 heavy (non-hydrogen) atoms. The highest BCUT2D eigenvalue weighted by molar-refractivity contribution is 5.85. The molecule has 0 spiro atoms. The Morgan fingerprint density at radius 1 is 1.32 bits per heavy atom. The summed E-state index contributed by atoms with van der Waals surface area (Å²) < 4.78 is 5.31. The molecule has 1 fully saturated rings. The number of rotatable bonds is 7. The van der Waals surface area contributed by atoms with Crippen molar-refractivity contribution < 1.29 is 9.53 Å². The maximum absolute atomic E-state index is 12.9. The number of hydrogen-bond donors (Lipinski definition) is 1. The van der Waals surface area contributed by atoms with Gasteiger partial charge in [0.25, 0.3) is 0 Å². The minimum atomic E-state index is 0. The first kappa shape index (κ1) is 21.8. The normalized spacial score (nSPS) is 17.3. The van der Waals surface area contributed by atoms with Crippen molar-refractivity contribution in [2.75, 3.05) is 26.7 Å². The van der Waals surface area contributed by atoms with Gasteiger partial charge in [0.15, 0.2) is 0 Å². The Labute approximate surface area is 158 Å². The highest BCUT2D eigenvalue weighted by Crippen LogP contribution is 2.28. The number of benzene rings is 1. The Bertz CT molecular complexity index is 532. The first-order valence-electron chi connectivity index (χ1n) is 9.21. The van der Waals surface area contributed by atoms with E-state index in [1.165, 1.54) is 12.8 Å². The van der Waals surface area contributed by atoms with Gasteiger partial charge in [0, 0.05) is 13.0 Å². The van der Waals surface area contributed by atoms with Gasteiger partial charge < -0.3 is 15.0 Å². The van der Waals surface area contributed by atoms with Gasteiger partial charge in [-0.2, -0.15) is 0 Å². The summed E-state index contributed by atoms with van der Waals surface area (Å²) in [5, 5.41) is 3.40. The molecular formula is C20H33ClN2O2. The van der Waals surface area contributed by atoms with Gasteiger partial charge in [0.05, 0.1) is 13.2 Å². The van der Waals surface area contributed by atoms with Gasteiger partial charge in [-0.05, 0) is 69.3 Å². The van der Waals surface area contributed by atoms with Crippen molar-refractivity contribution in [3.63, 3.8) is 0 Å². The summed E-state index contributed by atoms with van der Waals surface area (Å²) in [6.07, 6.45) is 3.02. The highest BCUT2D eigenvalue weighted by Gasteiger charge is 2.26. The van der Waals surface area contributed by atoms with Crippen molar-refractivity contribution in [1.29, 1.82) is 0 Å². The standard InChI is InChI=1S/C20H32N2O2.ClH/c1-5-22(16(3)18-7-6-8-19(14-18)24-4)20(23)13-15(2)17-9-11-21-12-10-17;/h6-8,14-17,21H,5,9-13H2,1-4H3;1H. The fourth-order valence-electron chi connectivity index (χ4n) is 3.72. The quantitative estimate of drug-likeness (QED) is 0.789. The van der Waals surface area contributed by atoms with Crippen molar-refractivity contribution in [1.82, 2.24) is 10.2 Å². The predicted octanol–water partition coefficient (Wildman–Crippen LogP) is 4.05. The molecule has 0 aromatic heterocycles. The molecule has 0 bridgehead atoms. The molecule has 1 N–H and O–H groups in total. The SMILES string of the molecule is CCN(C(=O)CC(C)C1CCNCC1)C(C)c1cccc(OC)c1.Cl. The largest absolute Gasteiger partial charge is 0.497 e. The Morgan fingerprint density at radius 2 is 2.00 bits per heavy atom. The second-order valence-electron chi connectivity index (χ2n) is 6.90. The number of carbonyl (C=O) groups excluding carboxylic acids is 1. The maximum atomic E-state index is 12.9. The molecule has 2 atom stereocenters. The molecule has 5 heteroatoms. The summed E-state index contributed by atoms with van der Waals surface area (Å²) in [4.78, 5) is 14.9. The van der Waals surface area contributed by atoms with Crippen LogP contribution in [0.25, 0.3) is 0 Å². The van der Waals surface area contributed by atoms with Crippen LogP contribution in [-0.2, 0) is 4.79 Å². The lowest BCUT2D eigenvalue weighted by molar-refractivity contribution is -0.134. The third kappa shape index (κ3) is 5.89. The molecule has 1 amide bonds. The zero-order valence-corrected chi connectivity index (χ0v) is 16.8. The van der Waals surface area contributed by atoms with E-state index in [1.807, 2.05) is 23.1 Å². The van der Waals surface area contributed by atoms with Gasteiger partial charge in [-0.3, -0.25) is 4.79 Å². The molecule has 1 saturated heterocycles. The van der Waals surface area contributed by atoms with E-state index < -0.39 is 0 Å². The average Bonchev–Trinajstić information content (AvgIpc) is 2.63. The zero-order valence-electron chi connectivity index (χ0n) is 16.0. The number of carbonyl (C=O) groups is 1. The zero-order chi connectivity index (χ0) is 17.5. The summed E-state index contributed by atoms with van der Waals surface area (Å²) in [5.41, 5.74) is 1.12. The van der Waals surface area contributed by atoms with E-state index in [4.69, 9.17) is 4.74 Å². The lowest BCUT2D eigenvalue weighted by atomic mass is 9.84. The first-order chi connectivity index (χ1) is 11.6. The Hall–Kier alpha value is -1.26. The highest BCUT2D eigenvalue weighted by atomic mass is 35.5. The van der Waals surface area contributed by atoms with Crippen LogP contribution in [0.15, 0.2) is 24.3 Å². The number of halogens is 1. The molecule has 1 aromatic carbocycles. The topological polar surface area (TPSA) is 41.6 Å². The van der Waals surface area contributed by atoms with Gasteiger partial charge in [0.2, 0.25) is 5.91 Å². The number of ether oxygens (including phenoxy) is 1. The van der Waals surface area contributed by atoms with E-state index >= 15 is 0 Å². The number of nitrogens with zero attached hydrogens (tertiary/aromatic N) is 1. The molecule has 1 aliphatic rings. The molecular weight excluding hydrogens is 336 g/mol. The van der Waals surface area contributed by atoms with Crippen LogP contribution in [0.4, 0.5) is 0 Å². The molecule has 2 rings (SSSR count). The smallest absolute Gasteiger partial charge is 0.223 e. The average molecular weight is 369 g/mol. The van der Waals surface area contributed by atoms with Gasteiger partial charge in [-0.25, -0.2) is 0 Å². The molecule has 0 aliphatic carbocycles. The number of piperidine rings is 1. The van der Waals surface area contributed by atoms with Crippen molar-refractivity contribution in [2.24, 2.45) is 11.8 Å². The fourth-order valence-corrected chi connectivity index (χ4v) is 3.72. The van der Waals surface area contributed by atoms with Crippen LogP contribution < -0.4 is 10.1 Å². The molecule has 142 valence electrons. The molecule has 2 unspecified atom stereocenters. The summed E-state index contributed by atoms with van der Waals surface area (Å²) >= 11 is 0. The van der Waals surface area contributed by atoms with Gasteiger partial charge in [-0.15, -0.1) is 12.4 Å². The van der Waals surface area contributed by atoms with E-state index in [9.17, 15) is 4.79 Å². The fraction of sp³-hybridized carbons (Fsp3) is 0.650. The van der Waals surface area contributed by atoms with Crippen LogP contribution in [0.1, 0.15) is 51.6 Å². The van der Waals surface area contributed by atoms with Gasteiger partial charge >= 0.3 is 0 Å². The van der Waals surface area contributed by atoms with Gasteiger partial charge in [0.1, 0.15) is 5.75 Å². The molecule has 0 radical (unpaired) electrons. The van der Waals surface area contributed by atoms with E-state index in [1.54, 1.807) is 7.11 Å². The van der Waals surface area contributed by atoms with Gasteiger partial charge in [-0.1, -0.05) is 19.1 Å². The lowest BCUT2D eigenvalue weighted by Crippen LogP contribution is -2.37. The van der Waals surface area contributed by atoms with Crippen LogP contribution in [0.2, 0.25) is 0 Å². The lowest BCUT2D eigenvalue weighted by Gasteiger charge is -2.32. The monoisotopic (exact) mass is 368 g/mol. The number of hydrogen-bond acceptors (Lipinski definition) is 3. The van der Waals surface area contributed by atoms with Crippen molar-refractivity contribution >= 4 is 18.3 Å². The van der Waals surface area contributed by atoms with Crippen LogP contribution in [0.3, 0.4) is 0 Å². The third-order valence-corrected chi connectivity index (χ3v) is 5.39. The minimum Gasteiger partial charge on any atom is -0.497 e. The van der Waals surface area contributed by atoms with E-state index in [-0.39, 0.29) is 24.4 Å². The van der Waals surface area contributed by atoms with Crippen LogP contribution in [0, 0.1) is 11.8 Å². The Balaban J connectivity index is 0.00000312. The second kappa shape index (κ2) is 10.7. The number of amides is 1. The Kier molecular flexibility index (Phi) is 9.30. The van der Waals surface area contributed by atoms with Crippen LogP contribution in [-0.4, -0.2) is 37.6 Å². The van der Waals surface area contributed by atoms with E-state index in [2.05, 4.69) is 32.2 Å². The summed E-state index contributed by atoms with van der Waals surface area (Å²) in [7, 11) is 1.67. The minimum absolute atomic E-state index is 0. The number of nitrogens with one attached hydrogen (secondary N) is 1. The molecule has 1 aromatic rings. The number of methoxy groups -OCH3 is 1. The molecule has 1 aliphatic heterocycles. The van der Waals surface area contributed by atoms with Crippen LogP contribution >= 0.6 is 12.4 Å².